The minimum Gasteiger partial charge on any atom is -0.496 e. The second-order valence-electron chi connectivity index (χ2n) is 4.72. The molecule has 2 aromatic rings. The lowest BCUT2D eigenvalue weighted by atomic mass is 10.1. The van der Waals surface area contributed by atoms with Crippen LogP contribution in [0.4, 0.5) is 8.78 Å². The normalized spacial score (nSPS) is 12.2. The number of hydrogen-bond acceptors (Lipinski definition) is 3. The molecule has 5 heteroatoms. The van der Waals surface area contributed by atoms with E-state index in [1.165, 1.54) is 17.8 Å². The third-order valence-corrected chi connectivity index (χ3v) is 4.19. The quantitative estimate of drug-likeness (QED) is 0.837. The highest BCUT2D eigenvalue weighted by atomic mass is 32.2. The minimum absolute atomic E-state index is 0.0921. The number of hydrogen-bond donors (Lipinski definition) is 1. The van der Waals surface area contributed by atoms with Crippen molar-refractivity contribution in [2.45, 2.75) is 23.6 Å². The highest BCUT2D eigenvalue weighted by Crippen LogP contribution is 2.31. The second-order valence-corrected chi connectivity index (χ2v) is 5.74. The SMILES string of the molecule is COc1ccc(C(C)N)cc1CSc1cc(F)ccc1F. The van der Waals surface area contributed by atoms with Crippen LogP contribution in [-0.4, -0.2) is 7.11 Å². The van der Waals surface area contributed by atoms with Gasteiger partial charge < -0.3 is 10.5 Å². The molecule has 1 unspecified atom stereocenters. The van der Waals surface area contributed by atoms with Crippen molar-refractivity contribution >= 4 is 11.8 Å². The van der Waals surface area contributed by atoms with E-state index in [2.05, 4.69) is 0 Å². The molecule has 112 valence electrons. The van der Waals surface area contributed by atoms with Crippen LogP contribution in [0, 0.1) is 11.6 Å². The van der Waals surface area contributed by atoms with Crippen molar-refractivity contribution < 1.29 is 13.5 Å². The second kappa shape index (κ2) is 6.91. The zero-order valence-corrected chi connectivity index (χ0v) is 12.7. The monoisotopic (exact) mass is 309 g/mol. The maximum absolute atomic E-state index is 13.6. The molecule has 2 N–H and O–H groups in total. The molecule has 0 aliphatic heterocycles. The molecule has 0 radical (unpaired) electrons. The molecule has 1 atom stereocenters. The number of ether oxygens (including phenoxy) is 1. The van der Waals surface area contributed by atoms with Gasteiger partial charge >= 0.3 is 0 Å². The van der Waals surface area contributed by atoms with E-state index >= 15 is 0 Å². The summed E-state index contributed by atoms with van der Waals surface area (Å²) in [5, 5.41) is 0. The Labute approximate surface area is 127 Å². The fraction of sp³-hybridized carbons (Fsp3) is 0.250. The largest absolute Gasteiger partial charge is 0.496 e. The Balaban J connectivity index is 2.22. The third-order valence-electron chi connectivity index (χ3n) is 3.11. The zero-order chi connectivity index (χ0) is 15.4. The Morgan fingerprint density at radius 2 is 1.95 bits per heavy atom. The van der Waals surface area contributed by atoms with Gasteiger partial charge in [-0.1, -0.05) is 6.07 Å². The smallest absolute Gasteiger partial charge is 0.136 e. The van der Waals surface area contributed by atoms with E-state index in [1.807, 2.05) is 25.1 Å². The summed E-state index contributed by atoms with van der Waals surface area (Å²) in [6.45, 7) is 1.89. The number of thioether (sulfide) groups is 1. The topological polar surface area (TPSA) is 35.2 Å². The summed E-state index contributed by atoms with van der Waals surface area (Å²) < 4.78 is 32.1. The van der Waals surface area contributed by atoms with Gasteiger partial charge in [-0.25, -0.2) is 8.78 Å². The number of benzene rings is 2. The van der Waals surface area contributed by atoms with Crippen molar-refractivity contribution in [2.24, 2.45) is 5.73 Å². The fourth-order valence-corrected chi connectivity index (χ4v) is 2.88. The van der Waals surface area contributed by atoms with E-state index in [1.54, 1.807) is 7.11 Å². The molecule has 0 aliphatic rings. The van der Waals surface area contributed by atoms with Crippen LogP contribution >= 0.6 is 11.8 Å². The zero-order valence-electron chi connectivity index (χ0n) is 11.9. The fourth-order valence-electron chi connectivity index (χ4n) is 1.94. The first-order chi connectivity index (χ1) is 10.0. The lowest BCUT2D eigenvalue weighted by Crippen LogP contribution is -2.05. The molecule has 0 bridgehead atoms. The highest BCUT2D eigenvalue weighted by Gasteiger charge is 2.10. The van der Waals surface area contributed by atoms with Crippen molar-refractivity contribution in [1.82, 2.24) is 0 Å². The number of halogens is 2. The first-order valence-electron chi connectivity index (χ1n) is 6.51. The summed E-state index contributed by atoms with van der Waals surface area (Å²) in [6, 6.07) is 9.03. The van der Waals surface area contributed by atoms with Gasteiger partial charge in [-0.2, -0.15) is 0 Å². The molecule has 2 nitrogen and oxygen atoms in total. The molecule has 0 fully saturated rings. The summed E-state index contributed by atoms with van der Waals surface area (Å²) >= 11 is 1.23. The van der Waals surface area contributed by atoms with E-state index in [0.29, 0.717) is 11.5 Å². The first-order valence-corrected chi connectivity index (χ1v) is 7.50. The highest BCUT2D eigenvalue weighted by molar-refractivity contribution is 7.98. The molecule has 21 heavy (non-hydrogen) atoms. The van der Waals surface area contributed by atoms with E-state index in [9.17, 15) is 8.78 Å². The van der Waals surface area contributed by atoms with Crippen molar-refractivity contribution in [3.8, 4) is 5.75 Å². The van der Waals surface area contributed by atoms with E-state index in [0.717, 1.165) is 23.3 Å². The van der Waals surface area contributed by atoms with Gasteiger partial charge in [0.25, 0.3) is 0 Å². The van der Waals surface area contributed by atoms with Crippen LogP contribution in [0.25, 0.3) is 0 Å². The summed E-state index contributed by atoms with van der Waals surface area (Å²) in [7, 11) is 1.58. The predicted molar refractivity (Wildman–Crippen MR) is 81.5 cm³/mol. The van der Waals surface area contributed by atoms with E-state index in [4.69, 9.17) is 10.5 Å². The number of methoxy groups -OCH3 is 1. The molecule has 0 aliphatic carbocycles. The summed E-state index contributed by atoms with van der Waals surface area (Å²) in [5.41, 5.74) is 7.75. The van der Waals surface area contributed by atoms with Crippen molar-refractivity contribution in [2.75, 3.05) is 7.11 Å². The summed E-state index contributed by atoms with van der Waals surface area (Å²) in [6.07, 6.45) is 0. The Morgan fingerprint density at radius 1 is 1.19 bits per heavy atom. The lowest BCUT2D eigenvalue weighted by molar-refractivity contribution is 0.411. The van der Waals surface area contributed by atoms with Gasteiger partial charge in [-0.05, 0) is 42.8 Å². The molecule has 0 saturated carbocycles. The van der Waals surface area contributed by atoms with Gasteiger partial charge in [0.15, 0.2) is 0 Å². The standard InChI is InChI=1S/C16H17F2NOS/c1-10(19)11-3-6-15(20-2)12(7-11)9-21-16-8-13(17)4-5-14(16)18/h3-8,10H,9,19H2,1-2H3. The van der Waals surface area contributed by atoms with Gasteiger partial charge in [0.05, 0.1) is 7.11 Å². The Hall–Kier alpha value is -1.59. The Bertz CT molecular complexity index is 632. The maximum Gasteiger partial charge on any atom is 0.136 e. The number of rotatable bonds is 5. The molecule has 0 amide bonds. The van der Waals surface area contributed by atoms with Crippen molar-refractivity contribution in [3.05, 3.63) is 59.2 Å². The maximum atomic E-state index is 13.6. The average Bonchev–Trinajstić information content (AvgIpc) is 2.47. The lowest BCUT2D eigenvalue weighted by Gasteiger charge is -2.13. The first kappa shape index (κ1) is 15.8. The molecule has 0 spiro atoms. The van der Waals surface area contributed by atoms with Crippen molar-refractivity contribution in [1.29, 1.82) is 0 Å². The van der Waals surface area contributed by atoms with Crippen molar-refractivity contribution in [3.63, 3.8) is 0 Å². The van der Waals surface area contributed by atoms with Crippen LogP contribution in [0.3, 0.4) is 0 Å². The molecule has 0 heterocycles. The molecule has 2 aromatic carbocycles. The summed E-state index contributed by atoms with van der Waals surface area (Å²) in [4.78, 5) is 0.281. The Morgan fingerprint density at radius 3 is 2.62 bits per heavy atom. The average molecular weight is 309 g/mol. The number of nitrogens with two attached hydrogens (primary N) is 1. The van der Waals surface area contributed by atoms with Gasteiger partial charge in [-0.15, -0.1) is 11.8 Å². The van der Waals surface area contributed by atoms with Crippen LogP contribution in [0.2, 0.25) is 0 Å². The molecular formula is C16H17F2NOS. The van der Waals surface area contributed by atoms with Crippen LogP contribution in [0.1, 0.15) is 24.1 Å². The molecule has 0 saturated heterocycles. The van der Waals surface area contributed by atoms with E-state index < -0.39 is 11.6 Å². The van der Waals surface area contributed by atoms with Gasteiger partial charge in [0, 0.05) is 22.3 Å². The van der Waals surface area contributed by atoms with Crippen LogP contribution in [0.15, 0.2) is 41.3 Å². The molecule has 0 aromatic heterocycles. The van der Waals surface area contributed by atoms with Gasteiger partial charge in [0.1, 0.15) is 17.4 Å². The van der Waals surface area contributed by atoms with Gasteiger partial charge in [-0.3, -0.25) is 0 Å². The Kier molecular flexibility index (Phi) is 5.20. The third kappa shape index (κ3) is 3.95. The van der Waals surface area contributed by atoms with Crippen LogP contribution < -0.4 is 10.5 Å². The van der Waals surface area contributed by atoms with Crippen LogP contribution in [0.5, 0.6) is 5.75 Å². The van der Waals surface area contributed by atoms with Gasteiger partial charge in [0.2, 0.25) is 0 Å². The predicted octanol–water partition coefficient (Wildman–Crippen LogP) is 4.29. The van der Waals surface area contributed by atoms with E-state index in [-0.39, 0.29) is 10.9 Å². The summed E-state index contributed by atoms with van der Waals surface area (Å²) in [5.74, 6) is 0.312. The minimum atomic E-state index is -0.449. The molecular weight excluding hydrogens is 292 g/mol. The molecule has 2 rings (SSSR count). The van der Waals surface area contributed by atoms with Crippen LogP contribution in [-0.2, 0) is 5.75 Å².